The molecule has 1 amide bonds. The number of carbonyl (C=O) groups is 2. The highest BCUT2D eigenvalue weighted by Crippen LogP contribution is 2.50. The Labute approximate surface area is 191 Å². The number of rotatable bonds is 5. The van der Waals surface area contributed by atoms with Gasteiger partial charge in [0.25, 0.3) is 0 Å². The van der Waals surface area contributed by atoms with Crippen molar-refractivity contribution in [3.05, 3.63) is 29.1 Å². The monoisotopic (exact) mass is 447 g/mol. The number of benzene rings is 1. The van der Waals surface area contributed by atoms with E-state index in [-0.39, 0.29) is 11.2 Å². The van der Waals surface area contributed by atoms with Crippen molar-refractivity contribution in [2.75, 3.05) is 13.2 Å². The lowest BCUT2D eigenvalue weighted by atomic mass is 9.60. The normalized spacial score (nSPS) is 31.5. The number of aliphatic carboxylic acids is 1. The summed E-state index contributed by atoms with van der Waals surface area (Å²) in [6.07, 6.45) is 8.70. The zero-order chi connectivity index (χ0) is 23.5. The lowest BCUT2D eigenvalue weighted by Gasteiger charge is -2.47. The predicted octanol–water partition coefficient (Wildman–Crippen LogP) is 5.37. The van der Waals surface area contributed by atoms with E-state index < -0.39 is 12.0 Å². The lowest BCUT2D eigenvalue weighted by molar-refractivity contribution is -0.144. The first-order valence-corrected chi connectivity index (χ1v) is 11.9. The van der Waals surface area contributed by atoms with Crippen molar-refractivity contribution in [3.8, 4) is 5.75 Å². The van der Waals surface area contributed by atoms with Gasteiger partial charge in [0, 0.05) is 18.0 Å². The molecule has 6 heteroatoms. The van der Waals surface area contributed by atoms with Gasteiger partial charge >= 0.3 is 5.97 Å². The number of hydrogen-bond acceptors (Lipinski definition) is 3. The van der Waals surface area contributed by atoms with Gasteiger partial charge in [-0.15, -0.1) is 0 Å². The summed E-state index contributed by atoms with van der Waals surface area (Å²) in [5.41, 5.74) is 1.98. The molecular weight excluding hydrogens is 409 g/mol. The Bertz CT molecular complexity index is 808. The molecule has 0 aromatic heterocycles. The molecule has 2 saturated carbocycles. The van der Waals surface area contributed by atoms with E-state index in [1.165, 1.54) is 37.0 Å². The summed E-state index contributed by atoms with van der Waals surface area (Å²) < 4.78 is 19.8. The zero-order valence-corrected chi connectivity index (χ0v) is 19.9. The molecule has 3 atom stereocenters. The minimum absolute atomic E-state index is 0.167. The summed E-state index contributed by atoms with van der Waals surface area (Å²) in [5, 5.41) is 8.51. The van der Waals surface area contributed by atoms with Gasteiger partial charge in [-0.05, 0) is 93.7 Å². The maximum atomic E-state index is 13.8. The van der Waals surface area contributed by atoms with Gasteiger partial charge in [0.15, 0.2) is 0 Å². The van der Waals surface area contributed by atoms with Gasteiger partial charge in [0.2, 0.25) is 6.41 Å². The fourth-order valence-corrected chi connectivity index (χ4v) is 6.22. The Balaban J connectivity index is 0.000000243. The molecule has 5 nitrogen and oxygen atoms in total. The van der Waals surface area contributed by atoms with Crippen LogP contribution in [-0.4, -0.2) is 41.6 Å². The lowest BCUT2D eigenvalue weighted by Crippen LogP contribution is -2.39. The highest BCUT2D eigenvalue weighted by Gasteiger charge is 2.41. The first-order valence-electron chi connectivity index (χ1n) is 11.9. The van der Waals surface area contributed by atoms with Crippen LogP contribution in [0.3, 0.4) is 0 Å². The molecule has 1 aromatic rings. The van der Waals surface area contributed by atoms with Gasteiger partial charge < -0.3 is 14.7 Å². The summed E-state index contributed by atoms with van der Waals surface area (Å²) >= 11 is 0. The Hall–Kier alpha value is -2.11. The van der Waals surface area contributed by atoms with Crippen LogP contribution in [0.4, 0.5) is 4.39 Å². The molecule has 0 spiro atoms. The van der Waals surface area contributed by atoms with Gasteiger partial charge in [0.05, 0.1) is 6.61 Å². The van der Waals surface area contributed by atoms with Crippen molar-refractivity contribution in [3.63, 3.8) is 0 Å². The third kappa shape index (κ3) is 6.02. The van der Waals surface area contributed by atoms with E-state index in [1.54, 1.807) is 13.0 Å². The maximum absolute atomic E-state index is 13.8. The van der Waals surface area contributed by atoms with Crippen LogP contribution < -0.4 is 4.74 Å². The van der Waals surface area contributed by atoms with Gasteiger partial charge in [-0.2, -0.15) is 0 Å². The minimum Gasteiger partial charge on any atom is -0.493 e. The number of likely N-dealkylation sites (tertiary alicyclic amines) is 1. The van der Waals surface area contributed by atoms with Crippen LogP contribution in [0.15, 0.2) is 12.1 Å². The summed E-state index contributed by atoms with van der Waals surface area (Å²) in [5.74, 6) is 2.28. The van der Waals surface area contributed by atoms with Crippen molar-refractivity contribution in [2.24, 2.45) is 23.2 Å². The maximum Gasteiger partial charge on any atom is 0.326 e. The number of hydrogen-bond donors (Lipinski definition) is 1. The van der Waals surface area contributed by atoms with Gasteiger partial charge in [0.1, 0.15) is 17.6 Å². The number of ether oxygens (including phenoxy) is 1. The molecule has 32 heavy (non-hydrogen) atoms. The van der Waals surface area contributed by atoms with E-state index in [0.29, 0.717) is 30.7 Å². The van der Waals surface area contributed by atoms with Gasteiger partial charge in [-0.25, -0.2) is 9.18 Å². The second-order valence-electron chi connectivity index (χ2n) is 10.8. The molecule has 1 heterocycles. The number of carboxylic acid groups (broad SMARTS) is 1. The van der Waals surface area contributed by atoms with E-state index >= 15 is 0 Å². The van der Waals surface area contributed by atoms with E-state index in [9.17, 15) is 14.0 Å². The van der Waals surface area contributed by atoms with Crippen molar-refractivity contribution >= 4 is 12.4 Å². The standard InChI is InChI=1S/C20H29FO.C6H9NO3/c1-13-5-16-8-17(6-13)11-20(4,10-16)12-22-19-9-18(21)14(2)7-15(19)3;8-4-7-3-1-2-5(7)6(9)10/h7,9,13,16-17H,5-6,8,10-12H2,1-4H3;4-5H,1-3H2,(H,9,10). The van der Waals surface area contributed by atoms with E-state index in [1.807, 2.05) is 13.0 Å². The third-order valence-electron chi connectivity index (χ3n) is 7.45. The first-order chi connectivity index (χ1) is 15.1. The van der Waals surface area contributed by atoms with Crippen LogP contribution in [0, 0.1) is 42.8 Å². The van der Waals surface area contributed by atoms with Crippen LogP contribution in [0.1, 0.15) is 69.9 Å². The minimum atomic E-state index is -0.899. The molecule has 1 aliphatic heterocycles. The quantitative estimate of drug-likeness (QED) is 0.617. The molecule has 1 aromatic carbocycles. The van der Waals surface area contributed by atoms with Gasteiger partial charge in [-0.1, -0.05) is 13.8 Å². The largest absolute Gasteiger partial charge is 0.493 e. The molecular formula is C26H38FNO4. The SMILES string of the molecule is Cc1cc(C)c(OCC2(C)CC3CC(C)CC(C3)C2)cc1F.O=CN1CCCC1C(=O)O. The molecule has 3 fully saturated rings. The highest BCUT2D eigenvalue weighted by atomic mass is 19.1. The molecule has 0 radical (unpaired) electrons. The number of halogens is 1. The number of nitrogens with zero attached hydrogens (tertiary/aromatic N) is 1. The summed E-state index contributed by atoms with van der Waals surface area (Å²) in [6.45, 7) is 9.87. The smallest absolute Gasteiger partial charge is 0.326 e. The fourth-order valence-electron chi connectivity index (χ4n) is 6.22. The van der Waals surface area contributed by atoms with Crippen molar-refractivity contribution < 1.29 is 23.8 Å². The Morgan fingerprint density at radius 1 is 1.22 bits per heavy atom. The van der Waals surface area contributed by atoms with Crippen molar-refractivity contribution in [1.82, 2.24) is 4.90 Å². The van der Waals surface area contributed by atoms with Crippen LogP contribution in [0.2, 0.25) is 0 Å². The van der Waals surface area contributed by atoms with Crippen LogP contribution in [-0.2, 0) is 9.59 Å². The molecule has 2 aliphatic carbocycles. The topological polar surface area (TPSA) is 66.8 Å². The number of carboxylic acids is 1. The summed E-state index contributed by atoms with van der Waals surface area (Å²) in [7, 11) is 0. The zero-order valence-electron chi connectivity index (χ0n) is 19.9. The highest BCUT2D eigenvalue weighted by molar-refractivity contribution is 5.76. The average Bonchev–Trinajstić information content (AvgIpc) is 3.18. The second kappa shape index (κ2) is 10.2. The van der Waals surface area contributed by atoms with Gasteiger partial charge in [-0.3, -0.25) is 4.79 Å². The van der Waals surface area contributed by atoms with E-state index in [4.69, 9.17) is 9.84 Å². The Kier molecular flexibility index (Phi) is 7.84. The molecule has 1 saturated heterocycles. The molecule has 3 unspecified atom stereocenters. The Morgan fingerprint density at radius 3 is 2.44 bits per heavy atom. The molecule has 2 bridgehead atoms. The molecule has 4 rings (SSSR count). The molecule has 178 valence electrons. The number of fused-ring (bicyclic) bond motifs is 2. The summed E-state index contributed by atoms with van der Waals surface area (Å²) in [4.78, 5) is 21.9. The average molecular weight is 448 g/mol. The fraction of sp³-hybridized carbons (Fsp3) is 0.692. The van der Waals surface area contributed by atoms with Crippen LogP contribution in [0.5, 0.6) is 5.75 Å². The predicted molar refractivity (Wildman–Crippen MR) is 122 cm³/mol. The Morgan fingerprint density at radius 2 is 1.88 bits per heavy atom. The second-order valence-corrected chi connectivity index (χ2v) is 10.8. The van der Waals surface area contributed by atoms with Crippen LogP contribution >= 0.6 is 0 Å². The number of carbonyl (C=O) groups excluding carboxylic acids is 1. The van der Waals surface area contributed by atoms with Crippen molar-refractivity contribution in [1.29, 1.82) is 0 Å². The van der Waals surface area contributed by atoms with E-state index in [0.717, 1.165) is 36.3 Å². The van der Waals surface area contributed by atoms with Crippen molar-refractivity contribution in [2.45, 2.75) is 78.7 Å². The van der Waals surface area contributed by atoms with E-state index in [2.05, 4.69) is 13.8 Å². The number of aryl methyl sites for hydroxylation is 2. The first kappa shape index (κ1) is 24.5. The number of amides is 1. The van der Waals surface area contributed by atoms with Crippen LogP contribution in [0.25, 0.3) is 0 Å². The molecule has 3 aliphatic rings. The summed E-state index contributed by atoms with van der Waals surface area (Å²) in [6, 6.07) is 2.86. The third-order valence-corrected chi connectivity index (χ3v) is 7.45. The molecule has 1 N–H and O–H groups in total.